The highest BCUT2D eigenvalue weighted by atomic mass is 15.3. The van der Waals surface area contributed by atoms with E-state index in [2.05, 4.69) is 45.3 Å². The van der Waals surface area contributed by atoms with Gasteiger partial charge in [0.2, 0.25) is 0 Å². The molecule has 2 aliphatic heterocycles. The molecule has 3 aromatic rings. The van der Waals surface area contributed by atoms with Crippen LogP contribution in [0.15, 0.2) is 36.5 Å². The second-order valence-corrected chi connectivity index (χ2v) is 7.58. The molecule has 5 rings (SSSR count). The lowest BCUT2D eigenvalue weighted by atomic mass is 9.95. The Bertz CT molecular complexity index is 1060. The van der Waals surface area contributed by atoms with Crippen molar-refractivity contribution in [2.24, 2.45) is 0 Å². The molecule has 2 aliphatic rings. The quantitative estimate of drug-likeness (QED) is 0.742. The third kappa shape index (κ3) is 2.77. The first-order chi connectivity index (χ1) is 13.7. The first-order valence-electron chi connectivity index (χ1n) is 9.82. The van der Waals surface area contributed by atoms with Crippen LogP contribution < -0.4 is 15.1 Å². The van der Waals surface area contributed by atoms with Crippen LogP contribution in [0, 0.1) is 11.3 Å². The second kappa shape index (κ2) is 6.80. The van der Waals surface area contributed by atoms with Crippen molar-refractivity contribution in [3.8, 4) is 6.07 Å². The zero-order chi connectivity index (χ0) is 19.1. The van der Waals surface area contributed by atoms with Crippen molar-refractivity contribution in [3.63, 3.8) is 0 Å². The van der Waals surface area contributed by atoms with E-state index >= 15 is 0 Å². The van der Waals surface area contributed by atoms with E-state index in [0.29, 0.717) is 11.6 Å². The summed E-state index contributed by atoms with van der Waals surface area (Å²) in [5, 5.41) is 17.0. The highest BCUT2D eigenvalue weighted by Gasteiger charge is 2.26. The molecule has 7 nitrogen and oxygen atoms in total. The van der Waals surface area contributed by atoms with Crippen LogP contribution in [0.1, 0.15) is 29.8 Å². The smallest absolute Gasteiger partial charge is 0.142 e. The van der Waals surface area contributed by atoms with E-state index in [-0.39, 0.29) is 0 Å². The van der Waals surface area contributed by atoms with Crippen LogP contribution >= 0.6 is 0 Å². The van der Waals surface area contributed by atoms with E-state index in [9.17, 15) is 5.26 Å². The van der Waals surface area contributed by atoms with Crippen LogP contribution in [-0.2, 0) is 6.54 Å². The molecule has 0 unspecified atom stereocenters. The summed E-state index contributed by atoms with van der Waals surface area (Å²) in [4.78, 5) is 9.78. The summed E-state index contributed by atoms with van der Waals surface area (Å²) in [7, 11) is 0. The van der Waals surface area contributed by atoms with Crippen molar-refractivity contribution in [2.45, 2.75) is 19.4 Å². The van der Waals surface area contributed by atoms with Crippen molar-refractivity contribution >= 4 is 17.0 Å². The summed E-state index contributed by atoms with van der Waals surface area (Å²) in [6, 6.07) is 12.5. The van der Waals surface area contributed by atoms with Crippen molar-refractivity contribution in [1.82, 2.24) is 19.9 Å². The van der Waals surface area contributed by atoms with Gasteiger partial charge in [0.05, 0.1) is 23.1 Å². The zero-order valence-corrected chi connectivity index (χ0v) is 16.0. The topological polar surface area (TPSA) is 72.5 Å². The maximum atomic E-state index is 9.32. The van der Waals surface area contributed by atoms with Crippen LogP contribution in [-0.4, -0.2) is 47.3 Å². The van der Waals surface area contributed by atoms with Gasteiger partial charge in [0, 0.05) is 45.2 Å². The third-order valence-corrected chi connectivity index (χ3v) is 5.75. The van der Waals surface area contributed by atoms with E-state index in [4.69, 9.17) is 4.98 Å². The molecular formula is C21H23N7. The van der Waals surface area contributed by atoms with Gasteiger partial charge in [-0.05, 0) is 29.8 Å². The average molecular weight is 373 g/mol. The fourth-order valence-corrected chi connectivity index (χ4v) is 4.35. The molecule has 0 bridgehead atoms. The largest absolute Gasteiger partial charge is 0.365 e. The minimum absolute atomic E-state index is 0.338. The molecule has 3 aromatic heterocycles. The van der Waals surface area contributed by atoms with Gasteiger partial charge in [-0.2, -0.15) is 10.4 Å². The molecule has 1 N–H and O–H groups in total. The molecule has 0 aromatic carbocycles. The van der Waals surface area contributed by atoms with Crippen molar-refractivity contribution < 1.29 is 0 Å². The van der Waals surface area contributed by atoms with E-state index in [1.54, 1.807) is 10.7 Å². The Morgan fingerprint density at radius 1 is 1.11 bits per heavy atom. The number of hydrogen-bond donors (Lipinski definition) is 1. The van der Waals surface area contributed by atoms with Gasteiger partial charge in [-0.1, -0.05) is 13.0 Å². The minimum atomic E-state index is 0.338. The van der Waals surface area contributed by atoms with Gasteiger partial charge in [-0.25, -0.2) is 9.50 Å². The summed E-state index contributed by atoms with van der Waals surface area (Å²) in [5.41, 5.74) is 5.13. The molecule has 5 heterocycles. The summed E-state index contributed by atoms with van der Waals surface area (Å²) in [6.07, 6.45) is 1.75. The molecule has 7 heteroatoms. The molecule has 1 saturated heterocycles. The summed E-state index contributed by atoms with van der Waals surface area (Å²) in [5.74, 6) is 1.43. The normalized spacial score (nSPS) is 19.5. The Kier molecular flexibility index (Phi) is 4.14. The number of anilines is 2. The van der Waals surface area contributed by atoms with Crippen molar-refractivity contribution in [1.29, 1.82) is 5.26 Å². The first-order valence-corrected chi connectivity index (χ1v) is 9.82. The van der Waals surface area contributed by atoms with Gasteiger partial charge in [0.25, 0.3) is 0 Å². The zero-order valence-electron chi connectivity index (χ0n) is 16.0. The number of rotatable bonds is 2. The van der Waals surface area contributed by atoms with E-state index in [1.165, 1.54) is 11.3 Å². The van der Waals surface area contributed by atoms with Crippen LogP contribution in [0.4, 0.5) is 11.5 Å². The molecule has 0 spiro atoms. The Morgan fingerprint density at radius 2 is 1.96 bits per heavy atom. The fraction of sp³-hybridized carbons (Fsp3) is 0.381. The number of aromatic nitrogens is 3. The molecule has 28 heavy (non-hydrogen) atoms. The Morgan fingerprint density at radius 3 is 2.79 bits per heavy atom. The lowest BCUT2D eigenvalue weighted by Crippen LogP contribution is -2.44. The Balaban J connectivity index is 1.48. The van der Waals surface area contributed by atoms with Gasteiger partial charge in [0.1, 0.15) is 17.6 Å². The second-order valence-electron chi connectivity index (χ2n) is 7.58. The number of nitrogens with one attached hydrogen (secondary N) is 1. The lowest BCUT2D eigenvalue weighted by molar-refractivity contribution is 0.578. The number of piperazine rings is 1. The maximum absolute atomic E-state index is 9.32. The van der Waals surface area contributed by atoms with Crippen LogP contribution in [0.2, 0.25) is 0 Å². The van der Waals surface area contributed by atoms with Gasteiger partial charge >= 0.3 is 0 Å². The molecule has 0 amide bonds. The van der Waals surface area contributed by atoms with Gasteiger partial charge in [-0.15, -0.1) is 0 Å². The Hall–Kier alpha value is -3.11. The number of pyridine rings is 2. The number of nitrogens with zero attached hydrogens (tertiary/aromatic N) is 6. The molecule has 0 radical (unpaired) electrons. The van der Waals surface area contributed by atoms with Crippen LogP contribution in [0.25, 0.3) is 5.52 Å². The molecule has 0 aliphatic carbocycles. The average Bonchev–Trinajstić information content (AvgIpc) is 3.23. The van der Waals surface area contributed by atoms with Crippen molar-refractivity contribution in [3.05, 3.63) is 53.5 Å². The standard InChI is InChI=1S/C21H23N7/c1-15-13-27(18-4-3-17(12-22)28-19(18)6-7-24-28)14-16-2-5-20(25-21(15)16)26-10-8-23-9-11-26/h2-7,15,23H,8-11,13-14H2,1H3/t15-/m1/s1. The minimum Gasteiger partial charge on any atom is -0.365 e. The lowest BCUT2D eigenvalue weighted by Gasteiger charge is -2.35. The summed E-state index contributed by atoms with van der Waals surface area (Å²) >= 11 is 0. The van der Waals surface area contributed by atoms with E-state index in [0.717, 1.165) is 56.3 Å². The maximum Gasteiger partial charge on any atom is 0.142 e. The molecule has 1 atom stereocenters. The van der Waals surface area contributed by atoms with Gasteiger partial charge in [0.15, 0.2) is 0 Å². The first kappa shape index (κ1) is 17.0. The Labute approximate surface area is 164 Å². The van der Waals surface area contributed by atoms with Gasteiger partial charge in [-0.3, -0.25) is 0 Å². The molecule has 1 fully saturated rings. The summed E-state index contributed by atoms with van der Waals surface area (Å²) in [6.45, 7) is 8.02. The predicted molar refractivity (Wildman–Crippen MR) is 109 cm³/mol. The molecular weight excluding hydrogens is 350 g/mol. The number of nitriles is 1. The summed E-state index contributed by atoms with van der Waals surface area (Å²) < 4.78 is 1.72. The highest BCUT2D eigenvalue weighted by Crippen LogP contribution is 2.33. The van der Waals surface area contributed by atoms with Crippen LogP contribution in [0.3, 0.4) is 0 Å². The molecule has 142 valence electrons. The fourth-order valence-electron chi connectivity index (χ4n) is 4.35. The number of hydrogen-bond acceptors (Lipinski definition) is 6. The molecule has 0 saturated carbocycles. The van der Waals surface area contributed by atoms with Gasteiger partial charge < -0.3 is 15.1 Å². The monoisotopic (exact) mass is 373 g/mol. The predicted octanol–water partition coefficient (Wildman–Crippen LogP) is 2.13. The van der Waals surface area contributed by atoms with E-state index in [1.807, 2.05) is 18.2 Å². The van der Waals surface area contributed by atoms with Crippen molar-refractivity contribution in [2.75, 3.05) is 42.5 Å². The number of fused-ring (bicyclic) bond motifs is 2. The SMILES string of the molecule is C[C@@H]1CN(c2ccc(C#N)n3nccc23)Cc2ccc(N3CCNCC3)nc21. The highest BCUT2D eigenvalue weighted by molar-refractivity contribution is 5.74. The van der Waals surface area contributed by atoms with E-state index < -0.39 is 0 Å². The van der Waals surface area contributed by atoms with Crippen LogP contribution in [0.5, 0.6) is 0 Å². The third-order valence-electron chi connectivity index (χ3n) is 5.75.